The van der Waals surface area contributed by atoms with E-state index >= 15 is 0 Å². The van der Waals surface area contributed by atoms with E-state index in [9.17, 15) is 9.90 Å². The molecule has 0 fully saturated rings. The molecule has 3 nitrogen and oxygen atoms in total. The lowest BCUT2D eigenvalue weighted by atomic mass is 10.2. The van der Waals surface area contributed by atoms with E-state index in [0.717, 1.165) is 5.56 Å². The zero-order valence-corrected chi connectivity index (χ0v) is 8.85. The summed E-state index contributed by atoms with van der Waals surface area (Å²) in [6, 6.07) is 9.72. The van der Waals surface area contributed by atoms with Crippen LogP contribution in [-0.2, 0) is 16.1 Å². The van der Waals surface area contributed by atoms with Crippen molar-refractivity contribution in [2.75, 3.05) is 6.61 Å². The van der Waals surface area contributed by atoms with Gasteiger partial charge in [-0.05, 0) is 12.5 Å². The average Bonchev–Trinajstić information content (AvgIpc) is 2.18. The molecule has 82 valence electrons. The van der Waals surface area contributed by atoms with Crippen LogP contribution in [0.25, 0.3) is 0 Å². The summed E-state index contributed by atoms with van der Waals surface area (Å²) in [6.45, 7) is 2.13. The van der Waals surface area contributed by atoms with Crippen molar-refractivity contribution in [3.8, 4) is 0 Å². The van der Waals surface area contributed by atoms with Crippen LogP contribution in [0.15, 0.2) is 30.3 Å². The van der Waals surface area contributed by atoms with Crippen LogP contribution < -0.4 is 0 Å². The van der Waals surface area contributed by atoms with Gasteiger partial charge in [-0.3, -0.25) is 4.79 Å². The maximum Gasteiger partial charge on any atom is 0.132 e. The molecule has 0 heterocycles. The lowest BCUT2D eigenvalue weighted by molar-refractivity contribution is -0.119. The number of aliphatic hydroxyl groups excluding tert-OH is 1. The van der Waals surface area contributed by atoms with E-state index < -0.39 is 6.10 Å². The first-order chi connectivity index (χ1) is 7.18. The van der Waals surface area contributed by atoms with Crippen molar-refractivity contribution in [3.63, 3.8) is 0 Å². The van der Waals surface area contributed by atoms with Crippen LogP contribution >= 0.6 is 0 Å². The normalized spacial score (nSPS) is 12.4. The van der Waals surface area contributed by atoms with Crippen molar-refractivity contribution in [3.05, 3.63) is 35.9 Å². The van der Waals surface area contributed by atoms with Crippen molar-refractivity contribution in [1.82, 2.24) is 0 Å². The third kappa shape index (κ3) is 5.30. The molecule has 0 saturated heterocycles. The fourth-order valence-corrected chi connectivity index (χ4v) is 1.28. The number of carbonyl (C=O) groups is 1. The number of carbonyl (C=O) groups excluding carboxylic acids is 1. The lowest BCUT2D eigenvalue weighted by Crippen LogP contribution is -2.18. The SMILES string of the molecule is CC(=O)C[C@@H](O)COCc1ccccc1. The van der Waals surface area contributed by atoms with Crippen LogP contribution in [0.3, 0.4) is 0 Å². The highest BCUT2D eigenvalue weighted by molar-refractivity contribution is 5.75. The Morgan fingerprint density at radius 2 is 2.07 bits per heavy atom. The zero-order chi connectivity index (χ0) is 11.1. The third-order valence-corrected chi connectivity index (χ3v) is 1.94. The monoisotopic (exact) mass is 208 g/mol. The molecular weight excluding hydrogens is 192 g/mol. The number of ether oxygens (including phenoxy) is 1. The van der Waals surface area contributed by atoms with Gasteiger partial charge in [0.05, 0.1) is 19.3 Å². The fourth-order valence-electron chi connectivity index (χ4n) is 1.28. The highest BCUT2D eigenvalue weighted by Crippen LogP contribution is 2.02. The Morgan fingerprint density at radius 3 is 2.67 bits per heavy atom. The van der Waals surface area contributed by atoms with Gasteiger partial charge in [0.1, 0.15) is 5.78 Å². The van der Waals surface area contributed by atoms with Gasteiger partial charge in [0.15, 0.2) is 0 Å². The molecule has 1 N–H and O–H groups in total. The molecular formula is C12H16O3. The molecule has 1 aromatic rings. The summed E-state index contributed by atoms with van der Waals surface area (Å²) in [7, 11) is 0. The summed E-state index contributed by atoms with van der Waals surface area (Å²) in [5, 5.41) is 9.35. The summed E-state index contributed by atoms with van der Waals surface area (Å²) >= 11 is 0. The van der Waals surface area contributed by atoms with E-state index in [2.05, 4.69) is 0 Å². The van der Waals surface area contributed by atoms with Crippen molar-refractivity contribution in [2.45, 2.75) is 26.1 Å². The third-order valence-electron chi connectivity index (χ3n) is 1.94. The van der Waals surface area contributed by atoms with E-state index in [4.69, 9.17) is 4.74 Å². The second-order valence-corrected chi connectivity index (χ2v) is 3.56. The van der Waals surface area contributed by atoms with Crippen LogP contribution in [0.2, 0.25) is 0 Å². The van der Waals surface area contributed by atoms with Crippen LogP contribution in [0.4, 0.5) is 0 Å². The van der Waals surface area contributed by atoms with Crippen molar-refractivity contribution < 1.29 is 14.6 Å². The smallest absolute Gasteiger partial charge is 0.132 e. The Kier molecular flexibility index (Phi) is 5.01. The molecule has 1 atom stereocenters. The molecule has 1 aromatic carbocycles. The topological polar surface area (TPSA) is 46.5 Å². The Bertz CT molecular complexity index is 295. The minimum absolute atomic E-state index is 0.0224. The van der Waals surface area contributed by atoms with E-state index in [1.165, 1.54) is 6.92 Å². The zero-order valence-electron chi connectivity index (χ0n) is 8.85. The Hall–Kier alpha value is -1.19. The highest BCUT2D eigenvalue weighted by Gasteiger charge is 2.06. The van der Waals surface area contributed by atoms with E-state index in [1.807, 2.05) is 30.3 Å². The summed E-state index contributed by atoms with van der Waals surface area (Å²) in [6.07, 6.45) is -0.527. The number of ketones is 1. The van der Waals surface area contributed by atoms with Gasteiger partial charge in [-0.1, -0.05) is 30.3 Å². The molecule has 0 bridgehead atoms. The van der Waals surface area contributed by atoms with Gasteiger partial charge in [-0.25, -0.2) is 0 Å². The maximum atomic E-state index is 10.7. The molecule has 1 rings (SSSR count). The second-order valence-electron chi connectivity index (χ2n) is 3.56. The first-order valence-electron chi connectivity index (χ1n) is 4.97. The summed E-state index contributed by atoms with van der Waals surface area (Å²) < 4.78 is 5.28. The summed E-state index contributed by atoms with van der Waals surface area (Å²) in [5.74, 6) is -0.0224. The van der Waals surface area contributed by atoms with Gasteiger partial charge < -0.3 is 9.84 Å². The average molecular weight is 208 g/mol. The number of hydrogen-bond donors (Lipinski definition) is 1. The molecule has 0 aromatic heterocycles. The van der Waals surface area contributed by atoms with Gasteiger partial charge in [-0.2, -0.15) is 0 Å². The number of Topliss-reactive ketones (excluding diaryl/α,β-unsaturated/α-hetero) is 1. The molecule has 15 heavy (non-hydrogen) atoms. The molecule has 0 aliphatic carbocycles. The van der Waals surface area contributed by atoms with E-state index in [0.29, 0.717) is 6.61 Å². The molecule has 0 saturated carbocycles. The van der Waals surface area contributed by atoms with Crippen LogP contribution in [0.1, 0.15) is 18.9 Å². The molecule has 0 radical (unpaired) electrons. The first-order valence-corrected chi connectivity index (χ1v) is 4.97. The van der Waals surface area contributed by atoms with Crippen LogP contribution in [0.5, 0.6) is 0 Å². The predicted octanol–water partition coefficient (Wildman–Crippen LogP) is 1.54. The Balaban J connectivity index is 2.19. The Labute approximate surface area is 89.7 Å². The van der Waals surface area contributed by atoms with Gasteiger partial charge in [0, 0.05) is 6.42 Å². The summed E-state index contributed by atoms with van der Waals surface area (Å²) in [4.78, 5) is 10.7. The quantitative estimate of drug-likeness (QED) is 0.771. The minimum atomic E-state index is -0.689. The van der Waals surface area contributed by atoms with Crippen LogP contribution in [-0.4, -0.2) is 23.6 Å². The van der Waals surface area contributed by atoms with Crippen molar-refractivity contribution in [2.24, 2.45) is 0 Å². The van der Waals surface area contributed by atoms with Gasteiger partial charge in [-0.15, -0.1) is 0 Å². The molecule has 0 unspecified atom stereocenters. The standard InChI is InChI=1S/C12H16O3/c1-10(13)7-12(14)9-15-8-11-5-3-2-4-6-11/h2-6,12,14H,7-9H2,1H3/t12-/m1/s1. The van der Waals surface area contributed by atoms with Gasteiger partial charge in [0.25, 0.3) is 0 Å². The van der Waals surface area contributed by atoms with E-state index in [-0.39, 0.29) is 18.8 Å². The number of benzene rings is 1. The largest absolute Gasteiger partial charge is 0.390 e. The molecule has 0 aliphatic heterocycles. The lowest BCUT2D eigenvalue weighted by Gasteiger charge is -2.09. The van der Waals surface area contributed by atoms with Gasteiger partial charge in [0.2, 0.25) is 0 Å². The molecule has 0 amide bonds. The molecule has 0 aliphatic rings. The Morgan fingerprint density at radius 1 is 1.40 bits per heavy atom. The van der Waals surface area contributed by atoms with Crippen molar-refractivity contribution >= 4 is 5.78 Å². The second kappa shape index (κ2) is 6.32. The minimum Gasteiger partial charge on any atom is -0.390 e. The highest BCUT2D eigenvalue weighted by atomic mass is 16.5. The van der Waals surface area contributed by atoms with Crippen LogP contribution in [0, 0.1) is 0 Å². The first kappa shape index (κ1) is 11.9. The maximum absolute atomic E-state index is 10.7. The molecule has 0 spiro atoms. The number of aliphatic hydroxyl groups is 1. The molecule has 3 heteroatoms. The van der Waals surface area contributed by atoms with Gasteiger partial charge >= 0.3 is 0 Å². The number of rotatable bonds is 6. The van der Waals surface area contributed by atoms with Crippen molar-refractivity contribution in [1.29, 1.82) is 0 Å². The van der Waals surface area contributed by atoms with E-state index in [1.54, 1.807) is 0 Å². The summed E-state index contributed by atoms with van der Waals surface area (Å²) in [5.41, 5.74) is 1.06. The fraction of sp³-hybridized carbons (Fsp3) is 0.417. The predicted molar refractivity (Wildman–Crippen MR) is 57.4 cm³/mol. The number of hydrogen-bond acceptors (Lipinski definition) is 3.